The molecule has 1 saturated carbocycles. The summed E-state index contributed by atoms with van der Waals surface area (Å²) in [6.45, 7) is 2.99. The topological polar surface area (TPSA) is 50.9 Å². The second-order valence-corrected chi connectivity index (χ2v) is 5.57. The Bertz CT molecular complexity index is 272. The smallest absolute Gasteiger partial charge is 0.191 e. The Kier molecular flexibility index (Phi) is 5.29. The SMILES string of the molecule is CO[C@H]1CCC[C@H]1CN=C(N)N1CCCCCC1. The van der Waals surface area contributed by atoms with Crippen LogP contribution in [-0.2, 0) is 4.74 Å². The van der Waals surface area contributed by atoms with Crippen molar-refractivity contribution in [3.8, 4) is 0 Å². The van der Waals surface area contributed by atoms with Gasteiger partial charge in [-0.15, -0.1) is 0 Å². The van der Waals surface area contributed by atoms with E-state index in [-0.39, 0.29) is 0 Å². The summed E-state index contributed by atoms with van der Waals surface area (Å²) >= 11 is 0. The number of aliphatic imine (C=N–C) groups is 1. The predicted octanol–water partition coefficient (Wildman–Crippen LogP) is 1.99. The van der Waals surface area contributed by atoms with Gasteiger partial charge in [0.15, 0.2) is 5.96 Å². The number of guanidine groups is 1. The highest BCUT2D eigenvalue weighted by molar-refractivity contribution is 5.78. The first-order valence-electron chi connectivity index (χ1n) is 7.39. The van der Waals surface area contributed by atoms with Gasteiger partial charge in [0.2, 0.25) is 0 Å². The lowest BCUT2D eigenvalue weighted by atomic mass is 10.1. The number of ether oxygens (including phenoxy) is 1. The molecule has 0 aromatic rings. The zero-order valence-corrected chi connectivity index (χ0v) is 11.6. The van der Waals surface area contributed by atoms with Crippen molar-refractivity contribution in [3.05, 3.63) is 0 Å². The lowest BCUT2D eigenvalue weighted by Gasteiger charge is -2.22. The highest BCUT2D eigenvalue weighted by atomic mass is 16.5. The molecule has 1 aliphatic carbocycles. The third-order valence-corrected chi connectivity index (χ3v) is 4.31. The summed E-state index contributed by atoms with van der Waals surface area (Å²) in [4.78, 5) is 6.86. The van der Waals surface area contributed by atoms with Crippen LogP contribution in [-0.4, -0.2) is 43.7 Å². The van der Waals surface area contributed by atoms with Crippen molar-refractivity contribution in [1.82, 2.24) is 4.90 Å². The number of methoxy groups -OCH3 is 1. The van der Waals surface area contributed by atoms with Crippen molar-refractivity contribution in [2.45, 2.75) is 51.0 Å². The zero-order chi connectivity index (χ0) is 12.8. The van der Waals surface area contributed by atoms with E-state index in [9.17, 15) is 0 Å². The summed E-state index contributed by atoms with van der Waals surface area (Å²) in [5, 5.41) is 0. The van der Waals surface area contributed by atoms with E-state index in [1.54, 1.807) is 0 Å². The van der Waals surface area contributed by atoms with Gasteiger partial charge in [0.05, 0.1) is 6.10 Å². The molecule has 2 atom stereocenters. The molecule has 0 aromatic heterocycles. The summed E-state index contributed by atoms with van der Waals surface area (Å²) in [6, 6.07) is 0. The molecule has 104 valence electrons. The van der Waals surface area contributed by atoms with Gasteiger partial charge in [0.1, 0.15) is 0 Å². The second-order valence-electron chi connectivity index (χ2n) is 5.57. The molecular formula is C14H27N3O. The molecule has 2 fully saturated rings. The summed E-state index contributed by atoms with van der Waals surface area (Å²) in [5.41, 5.74) is 6.12. The molecule has 2 rings (SSSR count). The third kappa shape index (κ3) is 3.61. The molecule has 4 nitrogen and oxygen atoms in total. The van der Waals surface area contributed by atoms with E-state index in [1.807, 2.05) is 7.11 Å². The molecule has 0 spiro atoms. The molecule has 0 unspecified atom stereocenters. The highest BCUT2D eigenvalue weighted by Crippen LogP contribution is 2.28. The minimum absolute atomic E-state index is 0.394. The molecule has 2 aliphatic rings. The van der Waals surface area contributed by atoms with Crippen molar-refractivity contribution in [2.24, 2.45) is 16.6 Å². The Morgan fingerprint density at radius 2 is 1.89 bits per heavy atom. The van der Waals surface area contributed by atoms with Gasteiger partial charge < -0.3 is 15.4 Å². The van der Waals surface area contributed by atoms with E-state index < -0.39 is 0 Å². The fraction of sp³-hybridized carbons (Fsp3) is 0.929. The largest absolute Gasteiger partial charge is 0.381 e. The fourth-order valence-electron chi connectivity index (χ4n) is 3.13. The van der Waals surface area contributed by atoms with Gasteiger partial charge in [-0.05, 0) is 25.7 Å². The van der Waals surface area contributed by atoms with Gasteiger partial charge >= 0.3 is 0 Å². The van der Waals surface area contributed by atoms with E-state index in [2.05, 4.69) is 9.89 Å². The molecule has 2 N–H and O–H groups in total. The van der Waals surface area contributed by atoms with Crippen LogP contribution in [0.1, 0.15) is 44.9 Å². The molecule has 1 saturated heterocycles. The van der Waals surface area contributed by atoms with E-state index >= 15 is 0 Å². The second kappa shape index (κ2) is 6.98. The molecule has 1 heterocycles. The van der Waals surface area contributed by atoms with Crippen LogP contribution in [0.15, 0.2) is 4.99 Å². The number of likely N-dealkylation sites (tertiary alicyclic amines) is 1. The maximum Gasteiger partial charge on any atom is 0.191 e. The lowest BCUT2D eigenvalue weighted by Crippen LogP contribution is -2.38. The van der Waals surface area contributed by atoms with Gasteiger partial charge in [-0.3, -0.25) is 4.99 Å². The van der Waals surface area contributed by atoms with E-state index in [1.165, 1.54) is 44.9 Å². The summed E-state index contributed by atoms with van der Waals surface area (Å²) in [5.74, 6) is 1.32. The molecule has 0 radical (unpaired) electrons. The Balaban J connectivity index is 1.83. The monoisotopic (exact) mass is 253 g/mol. The molecule has 0 amide bonds. The minimum Gasteiger partial charge on any atom is -0.381 e. The standard InChI is InChI=1S/C14H27N3O/c1-18-13-8-6-7-12(13)11-16-14(15)17-9-4-2-3-5-10-17/h12-13H,2-11H2,1H3,(H2,15,16)/t12-,13-/m0/s1. The van der Waals surface area contributed by atoms with Gasteiger partial charge in [0, 0.05) is 32.7 Å². The number of nitrogens with two attached hydrogens (primary N) is 1. The number of hydrogen-bond acceptors (Lipinski definition) is 2. The van der Waals surface area contributed by atoms with Crippen LogP contribution in [0.5, 0.6) is 0 Å². The Labute approximate surface area is 111 Å². The van der Waals surface area contributed by atoms with Gasteiger partial charge in [-0.25, -0.2) is 0 Å². The molecule has 4 heteroatoms. The van der Waals surface area contributed by atoms with Gasteiger partial charge in [-0.1, -0.05) is 19.3 Å². The van der Waals surface area contributed by atoms with Crippen LogP contribution in [0.4, 0.5) is 0 Å². The first-order chi connectivity index (χ1) is 8.81. The molecule has 0 aromatic carbocycles. The quantitative estimate of drug-likeness (QED) is 0.618. The van der Waals surface area contributed by atoms with Crippen molar-refractivity contribution in [3.63, 3.8) is 0 Å². The fourth-order valence-corrected chi connectivity index (χ4v) is 3.13. The number of rotatable bonds is 3. The van der Waals surface area contributed by atoms with Crippen LogP contribution in [0.25, 0.3) is 0 Å². The normalized spacial score (nSPS) is 30.5. The number of nitrogens with zero attached hydrogens (tertiary/aromatic N) is 2. The van der Waals surface area contributed by atoms with Crippen LogP contribution >= 0.6 is 0 Å². The Morgan fingerprint density at radius 3 is 2.56 bits per heavy atom. The van der Waals surface area contributed by atoms with Crippen LogP contribution in [0.2, 0.25) is 0 Å². The average molecular weight is 253 g/mol. The maximum atomic E-state index is 6.12. The first kappa shape index (κ1) is 13.7. The van der Waals surface area contributed by atoms with Crippen LogP contribution in [0, 0.1) is 5.92 Å². The zero-order valence-electron chi connectivity index (χ0n) is 11.6. The molecule has 1 aliphatic heterocycles. The average Bonchev–Trinajstić information content (AvgIpc) is 2.67. The summed E-state index contributed by atoms with van der Waals surface area (Å²) in [6.07, 6.45) is 9.24. The Hall–Kier alpha value is -0.770. The Morgan fingerprint density at radius 1 is 1.17 bits per heavy atom. The minimum atomic E-state index is 0.394. The van der Waals surface area contributed by atoms with Gasteiger partial charge in [-0.2, -0.15) is 0 Å². The van der Waals surface area contributed by atoms with E-state index in [0.717, 1.165) is 25.6 Å². The predicted molar refractivity (Wildman–Crippen MR) is 74.7 cm³/mol. The van der Waals surface area contributed by atoms with Crippen LogP contribution in [0.3, 0.4) is 0 Å². The lowest BCUT2D eigenvalue weighted by molar-refractivity contribution is 0.0742. The first-order valence-corrected chi connectivity index (χ1v) is 7.39. The molecule has 18 heavy (non-hydrogen) atoms. The van der Waals surface area contributed by atoms with Gasteiger partial charge in [0.25, 0.3) is 0 Å². The summed E-state index contributed by atoms with van der Waals surface area (Å²) in [7, 11) is 1.81. The molecule has 0 bridgehead atoms. The van der Waals surface area contributed by atoms with Crippen molar-refractivity contribution in [2.75, 3.05) is 26.7 Å². The van der Waals surface area contributed by atoms with E-state index in [4.69, 9.17) is 10.5 Å². The molecular weight excluding hydrogens is 226 g/mol. The third-order valence-electron chi connectivity index (χ3n) is 4.31. The maximum absolute atomic E-state index is 6.12. The van der Waals surface area contributed by atoms with E-state index in [0.29, 0.717) is 12.0 Å². The van der Waals surface area contributed by atoms with Crippen molar-refractivity contribution >= 4 is 5.96 Å². The van der Waals surface area contributed by atoms with Crippen LogP contribution < -0.4 is 5.73 Å². The van der Waals surface area contributed by atoms with Crippen molar-refractivity contribution in [1.29, 1.82) is 0 Å². The number of hydrogen-bond donors (Lipinski definition) is 1. The summed E-state index contributed by atoms with van der Waals surface area (Å²) < 4.78 is 5.50. The highest BCUT2D eigenvalue weighted by Gasteiger charge is 2.26. The van der Waals surface area contributed by atoms with Crippen molar-refractivity contribution < 1.29 is 4.74 Å².